The van der Waals surface area contributed by atoms with Gasteiger partial charge in [0.1, 0.15) is 11.8 Å². The topological polar surface area (TPSA) is 74.2 Å². The van der Waals surface area contributed by atoms with Crippen LogP contribution >= 0.6 is 11.6 Å². The molecule has 0 saturated heterocycles. The number of carbonyl (C=O) groups excluding carboxylic acids is 1. The van der Waals surface area contributed by atoms with Gasteiger partial charge in [0.15, 0.2) is 0 Å². The second kappa shape index (κ2) is 5.35. The first-order valence-electron chi connectivity index (χ1n) is 7.32. The fourth-order valence-corrected chi connectivity index (χ4v) is 3.80. The van der Waals surface area contributed by atoms with Crippen LogP contribution in [0.4, 0.5) is 10.1 Å². The van der Waals surface area contributed by atoms with E-state index < -0.39 is 12.7 Å². The number of amides is 1. The molecule has 3 aliphatic rings. The van der Waals surface area contributed by atoms with Crippen molar-refractivity contribution in [2.75, 3.05) is 18.6 Å². The van der Waals surface area contributed by atoms with Crippen LogP contribution in [-0.4, -0.2) is 40.9 Å². The molecule has 0 aromatic carbocycles. The van der Waals surface area contributed by atoms with Crippen LogP contribution in [0, 0.1) is 5.41 Å². The van der Waals surface area contributed by atoms with Gasteiger partial charge in [-0.05, 0) is 32.3 Å². The summed E-state index contributed by atoms with van der Waals surface area (Å²) in [6.07, 6.45) is 3.84. The van der Waals surface area contributed by atoms with E-state index in [0.717, 1.165) is 19.3 Å². The van der Waals surface area contributed by atoms with Crippen molar-refractivity contribution in [3.8, 4) is 0 Å². The van der Waals surface area contributed by atoms with Crippen LogP contribution in [0.15, 0.2) is 12.3 Å². The van der Waals surface area contributed by atoms with Crippen LogP contribution in [0.1, 0.15) is 36.5 Å². The third kappa shape index (κ3) is 2.54. The molecule has 22 heavy (non-hydrogen) atoms. The van der Waals surface area contributed by atoms with E-state index in [1.807, 2.05) is 0 Å². The van der Waals surface area contributed by atoms with Crippen molar-refractivity contribution in [2.45, 2.75) is 37.8 Å². The van der Waals surface area contributed by atoms with Crippen molar-refractivity contribution in [1.82, 2.24) is 10.3 Å². The van der Waals surface area contributed by atoms with E-state index in [4.69, 9.17) is 11.6 Å². The average molecular weight is 328 g/mol. The van der Waals surface area contributed by atoms with Crippen molar-refractivity contribution < 1.29 is 14.3 Å². The molecule has 2 bridgehead atoms. The van der Waals surface area contributed by atoms with Crippen molar-refractivity contribution in [2.24, 2.45) is 5.41 Å². The number of carbonyl (C=O) groups is 1. The molecule has 0 aliphatic heterocycles. The van der Waals surface area contributed by atoms with Gasteiger partial charge in [-0.1, -0.05) is 11.6 Å². The smallest absolute Gasteiger partial charge is 0.255 e. The second-order valence-corrected chi connectivity index (χ2v) is 7.06. The quantitative estimate of drug-likeness (QED) is 0.700. The van der Waals surface area contributed by atoms with Gasteiger partial charge in [-0.2, -0.15) is 0 Å². The largest absolute Gasteiger partial charge is 0.396 e. The number of aliphatic hydroxyl groups is 1. The van der Waals surface area contributed by atoms with Crippen LogP contribution in [0.25, 0.3) is 0 Å². The summed E-state index contributed by atoms with van der Waals surface area (Å²) in [6, 6.07) is 1.11. The Kier molecular flexibility index (Phi) is 3.77. The first-order valence-corrected chi connectivity index (χ1v) is 7.70. The maximum atomic E-state index is 12.7. The second-order valence-electron chi connectivity index (χ2n) is 6.68. The van der Waals surface area contributed by atoms with Crippen LogP contribution in [0.2, 0.25) is 5.15 Å². The predicted octanol–water partition coefficient (Wildman–Crippen LogP) is 2.15. The first-order chi connectivity index (χ1) is 10.4. The van der Waals surface area contributed by atoms with Gasteiger partial charge < -0.3 is 15.7 Å². The number of halogens is 2. The number of alkyl halides is 1. The number of nitrogens with zero attached hydrogens (tertiary/aromatic N) is 1. The number of aromatic nitrogens is 1. The molecule has 5 nitrogen and oxygen atoms in total. The first kappa shape index (κ1) is 15.5. The van der Waals surface area contributed by atoms with Gasteiger partial charge in [0.25, 0.3) is 5.91 Å². The molecule has 120 valence electrons. The molecule has 0 spiro atoms. The Morgan fingerprint density at radius 3 is 2.82 bits per heavy atom. The molecule has 1 unspecified atom stereocenters. The van der Waals surface area contributed by atoms with Crippen LogP contribution < -0.4 is 10.6 Å². The summed E-state index contributed by atoms with van der Waals surface area (Å²) in [5.41, 5.74) is 0.663. The molecule has 3 saturated carbocycles. The molecule has 1 heterocycles. The lowest BCUT2D eigenvalue weighted by atomic mass is 9.39. The zero-order valence-corrected chi connectivity index (χ0v) is 13.1. The molecule has 3 N–H and O–H groups in total. The Hall–Kier alpha value is -1.40. The van der Waals surface area contributed by atoms with Gasteiger partial charge in [0.05, 0.1) is 17.3 Å². The van der Waals surface area contributed by atoms with Crippen LogP contribution in [-0.2, 0) is 0 Å². The van der Waals surface area contributed by atoms with Gasteiger partial charge in [-0.25, -0.2) is 9.37 Å². The number of hydrogen-bond donors (Lipinski definition) is 3. The van der Waals surface area contributed by atoms with Crippen molar-refractivity contribution in [1.29, 1.82) is 0 Å². The van der Waals surface area contributed by atoms with Gasteiger partial charge in [-0.15, -0.1) is 0 Å². The molecule has 7 heteroatoms. The number of hydrogen-bond acceptors (Lipinski definition) is 4. The number of anilines is 1. The van der Waals surface area contributed by atoms with Gasteiger partial charge in [0, 0.05) is 23.8 Å². The van der Waals surface area contributed by atoms with E-state index >= 15 is 0 Å². The molecule has 1 amide bonds. The van der Waals surface area contributed by atoms with E-state index in [0.29, 0.717) is 11.3 Å². The number of nitrogens with one attached hydrogen (secondary N) is 2. The van der Waals surface area contributed by atoms with Crippen molar-refractivity contribution >= 4 is 23.2 Å². The fraction of sp³-hybridized carbons (Fsp3) is 0.600. The molecule has 1 aromatic heterocycles. The molecule has 3 fully saturated rings. The average Bonchev–Trinajstić information content (AvgIpc) is 2.40. The lowest BCUT2D eigenvalue weighted by molar-refractivity contribution is -0.172. The lowest BCUT2D eigenvalue weighted by Crippen LogP contribution is -2.75. The summed E-state index contributed by atoms with van der Waals surface area (Å²) >= 11 is 5.86. The zero-order chi connectivity index (χ0) is 16.0. The summed E-state index contributed by atoms with van der Waals surface area (Å²) < 4.78 is 12.7. The molecule has 1 aromatic rings. The summed E-state index contributed by atoms with van der Waals surface area (Å²) in [7, 11) is 0. The lowest BCUT2D eigenvalue weighted by Gasteiger charge is -2.70. The van der Waals surface area contributed by atoms with E-state index in [1.165, 1.54) is 12.3 Å². The highest BCUT2D eigenvalue weighted by molar-refractivity contribution is 6.29. The summed E-state index contributed by atoms with van der Waals surface area (Å²) in [6.45, 7) is 1.31. The number of rotatable bonds is 6. The molecular weight excluding hydrogens is 309 g/mol. The maximum absolute atomic E-state index is 12.7. The highest BCUT2D eigenvalue weighted by Crippen LogP contribution is 2.66. The third-order valence-corrected chi connectivity index (χ3v) is 4.81. The number of aliphatic hydroxyl groups excluding tert-OH is 1. The normalized spacial score (nSPS) is 30.0. The third-order valence-electron chi connectivity index (χ3n) is 4.60. The summed E-state index contributed by atoms with van der Waals surface area (Å²) in [5.74, 6) is -0.246. The van der Waals surface area contributed by atoms with Crippen LogP contribution in [0.3, 0.4) is 0 Å². The summed E-state index contributed by atoms with van der Waals surface area (Å²) in [4.78, 5) is 16.4. The Balaban J connectivity index is 1.72. The van der Waals surface area contributed by atoms with Gasteiger partial charge in [-0.3, -0.25) is 4.79 Å². The monoisotopic (exact) mass is 327 g/mol. The Labute approximate surface area is 133 Å². The van der Waals surface area contributed by atoms with Crippen LogP contribution in [0.5, 0.6) is 0 Å². The molecule has 4 rings (SSSR count). The minimum absolute atomic E-state index is 0.0232. The highest BCUT2D eigenvalue weighted by Gasteiger charge is 2.68. The van der Waals surface area contributed by atoms with Crippen molar-refractivity contribution in [3.63, 3.8) is 0 Å². The van der Waals surface area contributed by atoms with Gasteiger partial charge >= 0.3 is 0 Å². The Bertz CT molecular complexity index is 591. The van der Waals surface area contributed by atoms with Gasteiger partial charge in [0.2, 0.25) is 0 Å². The Morgan fingerprint density at radius 1 is 1.55 bits per heavy atom. The highest BCUT2D eigenvalue weighted by atomic mass is 35.5. The van der Waals surface area contributed by atoms with E-state index in [2.05, 4.69) is 15.6 Å². The van der Waals surface area contributed by atoms with E-state index in [-0.39, 0.29) is 28.6 Å². The standard InChI is InChI=1S/C15H19ClFN3O2/c1-9(3-17)19-11-2-12(16)18-4-10(11)13(22)20-15-5-14(6-15,7-15)8-21/h2,4,9,21H,3,5-8H2,1H3,(H,18,19)(H,20,22). The van der Waals surface area contributed by atoms with E-state index in [9.17, 15) is 14.3 Å². The van der Waals surface area contributed by atoms with Crippen molar-refractivity contribution in [3.05, 3.63) is 23.0 Å². The maximum Gasteiger partial charge on any atom is 0.255 e. The Morgan fingerprint density at radius 2 is 2.23 bits per heavy atom. The minimum Gasteiger partial charge on any atom is -0.396 e. The molecular formula is C15H19ClFN3O2. The fourth-order valence-electron chi connectivity index (χ4n) is 3.64. The van der Waals surface area contributed by atoms with E-state index in [1.54, 1.807) is 6.92 Å². The molecule has 1 atom stereocenters. The summed E-state index contributed by atoms with van der Waals surface area (Å²) in [5, 5.41) is 15.5. The zero-order valence-electron chi connectivity index (χ0n) is 12.3. The molecule has 0 radical (unpaired) electrons. The molecule has 3 aliphatic carbocycles. The number of pyridine rings is 1. The SMILES string of the molecule is CC(CF)Nc1cc(Cl)ncc1C(=O)NC12CC(CO)(C1)C2. The minimum atomic E-state index is -0.552. The predicted molar refractivity (Wildman–Crippen MR) is 81.9 cm³/mol.